The Balaban J connectivity index is 2.17. The molecular weight excluding hydrogens is 232 g/mol. The molecule has 0 aliphatic carbocycles. The number of aldehydes is 1. The van der Waals surface area contributed by atoms with E-state index < -0.39 is 0 Å². The first-order valence-corrected chi connectivity index (χ1v) is 6.10. The molecule has 0 aliphatic rings. The van der Waals surface area contributed by atoms with Gasteiger partial charge in [0.25, 0.3) is 0 Å². The number of rotatable bonds is 8. The molecule has 4 nitrogen and oxygen atoms in total. The molecule has 0 atom stereocenters. The predicted molar refractivity (Wildman–Crippen MR) is 67.8 cm³/mol. The predicted octanol–water partition coefficient (Wildman–Crippen LogP) is 2.61. The third kappa shape index (κ3) is 5.48. The van der Waals surface area contributed by atoms with E-state index in [9.17, 15) is 9.59 Å². The van der Waals surface area contributed by atoms with Crippen LogP contribution in [0, 0.1) is 0 Å². The summed E-state index contributed by atoms with van der Waals surface area (Å²) in [4.78, 5) is 21.6. The lowest BCUT2D eigenvalue weighted by Crippen LogP contribution is -2.05. The summed E-state index contributed by atoms with van der Waals surface area (Å²) in [5.41, 5.74) is 0.596. The molecule has 0 radical (unpaired) electrons. The second-order valence-corrected chi connectivity index (χ2v) is 3.80. The van der Waals surface area contributed by atoms with Gasteiger partial charge in [-0.25, -0.2) is 0 Å². The minimum absolute atomic E-state index is 0.166. The van der Waals surface area contributed by atoms with Crippen LogP contribution in [0.5, 0.6) is 5.75 Å². The topological polar surface area (TPSA) is 52.6 Å². The summed E-state index contributed by atoms with van der Waals surface area (Å²) in [5, 5.41) is 0. The molecule has 0 aromatic heterocycles. The SMILES string of the molecule is CCOC(=O)CCCCOc1cccc(C=O)c1. The van der Waals surface area contributed by atoms with Gasteiger partial charge in [-0.1, -0.05) is 12.1 Å². The minimum Gasteiger partial charge on any atom is -0.494 e. The highest BCUT2D eigenvalue weighted by Crippen LogP contribution is 2.12. The van der Waals surface area contributed by atoms with Crippen molar-refractivity contribution in [3.63, 3.8) is 0 Å². The van der Waals surface area contributed by atoms with Crippen LogP contribution in [0.2, 0.25) is 0 Å². The van der Waals surface area contributed by atoms with Crippen molar-refractivity contribution in [2.75, 3.05) is 13.2 Å². The van der Waals surface area contributed by atoms with Gasteiger partial charge in [-0.15, -0.1) is 0 Å². The van der Waals surface area contributed by atoms with Gasteiger partial charge in [0.1, 0.15) is 12.0 Å². The fourth-order valence-corrected chi connectivity index (χ4v) is 1.47. The maximum atomic E-state index is 11.1. The number of carbonyl (C=O) groups excluding carboxylic acids is 2. The molecule has 18 heavy (non-hydrogen) atoms. The van der Waals surface area contributed by atoms with Gasteiger partial charge in [0.2, 0.25) is 0 Å². The number of hydrogen-bond donors (Lipinski definition) is 0. The summed E-state index contributed by atoms with van der Waals surface area (Å²) in [5.74, 6) is 0.510. The van der Waals surface area contributed by atoms with Crippen LogP contribution in [0.4, 0.5) is 0 Å². The van der Waals surface area contributed by atoms with Crippen molar-refractivity contribution in [2.24, 2.45) is 0 Å². The summed E-state index contributed by atoms with van der Waals surface area (Å²) in [6.45, 7) is 2.75. The van der Waals surface area contributed by atoms with Crippen LogP contribution in [0.25, 0.3) is 0 Å². The summed E-state index contributed by atoms with van der Waals surface area (Å²) in [6, 6.07) is 7.00. The zero-order chi connectivity index (χ0) is 13.2. The van der Waals surface area contributed by atoms with Gasteiger partial charge in [0, 0.05) is 12.0 Å². The van der Waals surface area contributed by atoms with Crippen LogP contribution in [0.15, 0.2) is 24.3 Å². The lowest BCUT2D eigenvalue weighted by molar-refractivity contribution is -0.143. The Labute approximate surface area is 107 Å². The molecule has 0 unspecified atom stereocenters. The van der Waals surface area contributed by atoms with Crippen LogP contribution in [0.1, 0.15) is 36.5 Å². The monoisotopic (exact) mass is 250 g/mol. The molecule has 1 rings (SSSR count). The van der Waals surface area contributed by atoms with Crippen molar-refractivity contribution in [3.8, 4) is 5.75 Å². The molecule has 4 heteroatoms. The molecule has 0 spiro atoms. The number of benzene rings is 1. The quantitative estimate of drug-likeness (QED) is 0.404. The molecule has 0 N–H and O–H groups in total. The standard InChI is InChI=1S/C14H18O4/c1-2-17-14(16)8-3-4-9-18-13-7-5-6-12(10-13)11-15/h5-7,10-11H,2-4,8-9H2,1H3. The first kappa shape index (κ1) is 14.2. The lowest BCUT2D eigenvalue weighted by Gasteiger charge is -2.06. The van der Waals surface area contributed by atoms with Crippen LogP contribution in [0.3, 0.4) is 0 Å². The fraction of sp³-hybridized carbons (Fsp3) is 0.429. The van der Waals surface area contributed by atoms with Crippen molar-refractivity contribution in [2.45, 2.75) is 26.2 Å². The molecule has 98 valence electrons. The van der Waals surface area contributed by atoms with Crippen LogP contribution < -0.4 is 4.74 Å². The van der Waals surface area contributed by atoms with E-state index in [4.69, 9.17) is 9.47 Å². The van der Waals surface area contributed by atoms with Gasteiger partial charge in [-0.2, -0.15) is 0 Å². The number of unbranched alkanes of at least 4 members (excludes halogenated alkanes) is 1. The zero-order valence-electron chi connectivity index (χ0n) is 10.6. The van der Waals surface area contributed by atoms with E-state index in [1.165, 1.54) is 0 Å². The van der Waals surface area contributed by atoms with Gasteiger partial charge in [0.15, 0.2) is 0 Å². The average Bonchev–Trinajstić information content (AvgIpc) is 2.39. The third-order valence-corrected chi connectivity index (χ3v) is 2.34. The van der Waals surface area contributed by atoms with Gasteiger partial charge < -0.3 is 9.47 Å². The molecule has 0 fully saturated rings. The first-order valence-electron chi connectivity index (χ1n) is 6.10. The minimum atomic E-state index is -0.166. The summed E-state index contributed by atoms with van der Waals surface area (Å²) >= 11 is 0. The smallest absolute Gasteiger partial charge is 0.305 e. The molecular formula is C14H18O4. The molecule has 0 saturated heterocycles. The van der Waals surface area contributed by atoms with Crippen molar-refractivity contribution < 1.29 is 19.1 Å². The van der Waals surface area contributed by atoms with Crippen LogP contribution >= 0.6 is 0 Å². The van der Waals surface area contributed by atoms with Gasteiger partial charge in [-0.3, -0.25) is 9.59 Å². The van der Waals surface area contributed by atoms with Crippen molar-refractivity contribution in [1.82, 2.24) is 0 Å². The second-order valence-electron chi connectivity index (χ2n) is 3.80. The van der Waals surface area contributed by atoms with Crippen LogP contribution in [-0.4, -0.2) is 25.5 Å². The molecule has 0 aliphatic heterocycles. The van der Waals surface area contributed by atoms with Gasteiger partial charge >= 0.3 is 5.97 Å². The van der Waals surface area contributed by atoms with Crippen molar-refractivity contribution >= 4 is 12.3 Å². The summed E-state index contributed by atoms with van der Waals surface area (Å²) < 4.78 is 10.3. The molecule has 1 aromatic rings. The lowest BCUT2D eigenvalue weighted by atomic mass is 10.2. The summed E-state index contributed by atoms with van der Waals surface area (Å²) in [6.07, 6.45) is 2.73. The van der Waals surface area contributed by atoms with E-state index in [1.54, 1.807) is 31.2 Å². The van der Waals surface area contributed by atoms with Crippen LogP contribution in [-0.2, 0) is 9.53 Å². The highest BCUT2D eigenvalue weighted by atomic mass is 16.5. The van der Waals surface area contributed by atoms with E-state index >= 15 is 0 Å². The van der Waals surface area contributed by atoms with Gasteiger partial charge in [0.05, 0.1) is 13.2 Å². The maximum Gasteiger partial charge on any atom is 0.305 e. The molecule has 0 heterocycles. The van der Waals surface area contributed by atoms with Gasteiger partial charge in [-0.05, 0) is 31.9 Å². The van der Waals surface area contributed by atoms with Crippen molar-refractivity contribution in [1.29, 1.82) is 0 Å². The second kappa shape index (κ2) is 8.28. The number of esters is 1. The van der Waals surface area contributed by atoms with E-state index in [-0.39, 0.29) is 5.97 Å². The van der Waals surface area contributed by atoms with Crippen molar-refractivity contribution in [3.05, 3.63) is 29.8 Å². The van der Waals surface area contributed by atoms with E-state index in [2.05, 4.69) is 0 Å². The van der Waals surface area contributed by atoms with E-state index in [0.29, 0.717) is 30.9 Å². The number of carbonyl (C=O) groups is 2. The fourth-order valence-electron chi connectivity index (χ4n) is 1.47. The Morgan fingerprint density at radius 2 is 2.17 bits per heavy atom. The third-order valence-electron chi connectivity index (χ3n) is 2.34. The summed E-state index contributed by atoms with van der Waals surface area (Å²) in [7, 11) is 0. The molecule has 0 saturated carbocycles. The Kier molecular flexibility index (Phi) is 6.54. The highest BCUT2D eigenvalue weighted by Gasteiger charge is 2.01. The normalized spacial score (nSPS) is 9.83. The Morgan fingerprint density at radius 3 is 2.89 bits per heavy atom. The first-order chi connectivity index (χ1) is 8.76. The molecule has 0 amide bonds. The molecule has 0 bridgehead atoms. The largest absolute Gasteiger partial charge is 0.494 e. The number of hydrogen-bond acceptors (Lipinski definition) is 4. The zero-order valence-corrected chi connectivity index (χ0v) is 10.6. The van der Waals surface area contributed by atoms with E-state index in [1.807, 2.05) is 0 Å². The van der Waals surface area contributed by atoms with E-state index in [0.717, 1.165) is 19.1 Å². The Morgan fingerprint density at radius 1 is 1.33 bits per heavy atom. The average molecular weight is 250 g/mol. The highest BCUT2D eigenvalue weighted by molar-refractivity contribution is 5.75. The Bertz CT molecular complexity index is 387. The molecule has 1 aromatic carbocycles. The maximum absolute atomic E-state index is 11.1. The Hall–Kier alpha value is -1.84. The number of ether oxygens (including phenoxy) is 2.